The van der Waals surface area contributed by atoms with E-state index in [1.165, 1.54) is 32.1 Å². The van der Waals surface area contributed by atoms with Gasteiger partial charge in [-0.05, 0) is 25.7 Å². The molecule has 0 aromatic rings. The van der Waals surface area contributed by atoms with Gasteiger partial charge in [0.05, 0.1) is 5.41 Å². The highest BCUT2D eigenvalue weighted by Crippen LogP contribution is 2.35. The number of hydrogen-bond donors (Lipinski definition) is 2. The maximum atomic E-state index is 12.6. The van der Waals surface area contributed by atoms with E-state index in [0.29, 0.717) is 12.6 Å². The Morgan fingerprint density at radius 3 is 2.11 bits per heavy atom. The molecular formula is C15H28N2O. The quantitative estimate of drug-likeness (QED) is 0.759. The minimum absolute atomic E-state index is 0.249. The lowest BCUT2D eigenvalue weighted by molar-refractivity contribution is -0.132. The molecular weight excluding hydrogens is 224 g/mol. The summed E-state index contributed by atoms with van der Waals surface area (Å²) in [6.07, 6.45) is 13.0. The molecule has 0 radical (unpaired) electrons. The zero-order chi connectivity index (χ0) is 12.8. The average molecular weight is 252 g/mol. The first kappa shape index (κ1) is 13.9. The minimum atomic E-state index is -0.256. The molecule has 0 aliphatic heterocycles. The minimum Gasteiger partial charge on any atom is -0.353 e. The summed E-state index contributed by atoms with van der Waals surface area (Å²) in [4.78, 5) is 12.6. The molecule has 0 spiro atoms. The van der Waals surface area contributed by atoms with Crippen LogP contribution in [0.2, 0.25) is 0 Å². The Morgan fingerprint density at radius 1 is 1.00 bits per heavy atom. The van der Waals surface area contributed by atoms with E-state index < -0.39 is 0 Å². The van der Waals surface area contributed by atoms with E-state index in [4.69, 9.17) is 5.73 Å². The Bertz CT molecular complexity index is 264. The van der Waals surface area contributed by atoms with Crippen LogP contribution < -0.4 is 11.1 Å². The van der Waals surface area contributed by atoms with E-state index in [1.54, 1.807) is 0 Å². The van der Waals surface area contributed by atoms with Gasteiger partial charge in [0.1, 0.15) is 0 Å². The fourth-order valence-corrected chi connectivity index (χ4v) is 3.51. The van der Waals surface area contributed by atoms with Gasteiger partial charge in [0.25, 0.3) is 0 Å². The van der Waals surface area contributed by atoms with Gasteiger partial charge in [-0.2, -0.15) is 0 Å². The predicted molar refractivity (Wildman–Crippen MR) is 74.2 cm³/mol. The number of amides is 1. The number of carbonyl (C=O) groups excluding carboxylic acids is 1. The molecule has 3 heteroatoms. The van der Waals surface area contributed by atoms with Crippen LogP contribution in [0.3, 0.4) is 0 Å². The molecule has 0 saturated heterocycles. The zero-order valence-electron chi connectivity index (χ0n) is 11.5. The topological polar surface area (TPSA) is 55.1 Å². The van der Waals surface area contributed by atoms with Crippen molar-refractivity contribution < 1.29 is 4.79 Å². The van der Waals surface area contributed by atoms with Gasteiger partial charge in [-0.25, -0.2) is 0 Å². The number of nitrogens with two attached hydrogens (primary N) is 1. The third-order valence-electron chi connectivity index (χ3n) is 4.87. The van der Waals surface area contributed by atoms with Crippen molar-refractivity contribution in [2.24, 2.45) is 11.1 Å². The van der Waals surface area contributed by atoms with Crippen molar-refractivity contribution >= 4 is 5.91 Å². The molecule has 104 valence electrons. The highest BCUT2D eigenvalue weighted by molar-refractivity contribution is 5.83. The van der Waals surface area contributed by atoms with Crippen LogP contribution in [0.4, 0.5) is 0 Å². The van der Waals surface area contributed by atoms with Crippen molar-refractivity contribution in [2.75, 3.05) is 6.54 Å². The second-order valence-electron chi connectivity index (χ2n) is 6.21. The van der Waals surface area contributed by atoms with Crippen molar-refractivity contribution in [1.82, 2.24) is 5.32 Å². The van der Waals surface area contributed by atoms with Gasteiger partial charge in [0.2, 0.25) is 5.91 Å². The van der Waals surface area contributed by atoms with E-state index >= 15 is 0 Å². The molecule has 2 saturated carbocycles. The lowest BCUT2D eigenvalue weighted by atomic mass is 9.79. The average Bonchev–Trinajstić information content (AvgIpc) is 2.66. The molecule has 2 aliphatic rings. The largest absolute Gasteiger partial charge is 0.353 e. The second kappa shape index (κ2) is 6.55. The molecule has 3 N–H and O–H groups in total. The second-order valence-corrected chi connectivity index (χ2v) is 6.21. The van der Waals surface area contributed by atoms with Crippen molar-refractivity contribution in [3.63, 3.8) is 0 Å². The Balaban J connectivity index is 1.94. The summed E-state index contributed by atoms with van der Waals surface area (Å²) in [7, 11) is 0. The van der Waals surface area contributed by atoms with Crippen molar-refractivity contribution in [3.8, 4) is 0 Å². The highest BCUT2D eigenvalue weighted by Gasteiger charge is 2.38. The molecule has 0 aromatic carbocycles. The molecule has 0 bridgehead atoms. The fraction of sp³-hybridized carbons (Fsp3) is 0.933. The summed E-state index contributed by atoms with van der Waals surface area (Å²) in [6, 6.07) is 0.415. The number of hydrogen-bond acceptors (Lipinski definition) is 2. The van der Waals surface area contributed by atoms with E-state index in [9.17, 15) is 4.79 Å². The Morgan fingerprint density at radius 2 is 1.56 bits per heavy atom. The molecule has 1 amide bonds. The van der Waals surface area contributed by atoms with Crippen LogP contribution in [0, 0.1) is 5.41 Å². The fourth-order valence-electron chi connectivity index (χ4n) is 3.51. The molecule has 2 rings (SSSR count). The van der Waals surface area contributed by atoms with E-state index in [1.807, 2.05) is 0 Å². The lowest BCUT2D eigenvalue weighted by Gasteiger charge is -2.33. The Hall–Kier alpha value is -0.570. The Kier molecular flexibility index (Phi) is 5.04. The smallest absolute Gasteiger partial charge is 0.227 e. The van der Waals surface area contributed by atoms with Gasteiger partial charge in [-0.15, -0.1) is 0 Å². The van der Waals surface area contributed by atoms with Crippen LogP contribution in [-0.4, -0.2) is 18.5 Å². The monoisotopic (exact) mass is 252 g/mol. The highest BCUT2D eigenvalue weighted by atomic mass is 16.2. The van der Waals surface area contributed by atoms with Crippen molar-refractivity contribution in [2.45, 2.75) is 76.7 Å². The standard InChI is InChI=1S/C15H28N2O/c16-12-15(10-6-1-2-7-11-15)14(18)17-13-8-4-3-5-9-13/h13H,1-12,16H2,(H,17,18). The summed E-state index contributed by atoms with van der Waals surface area (Å²) in [6.45, 7) is 0.519. The van der Waals surface area contributed by atoms with Gasteiger partial charge in [-0.3, -0.25) is 4.79 Å². The zero-order valence-corrected chi connectivity index (χ0v) is 11.5. The van der Waals surface area contributed by atoms with E-state index in [0.717, 1.165) is 38.5 Å². The van der Waals surface area contributed by atoms with Gasteiger partial charge < -0.3 is 11.1 Å². The van der Waals surface area contributed by atoms with Crippen LogP contribution in [0.5, 0.6) is 0 Å². The summed E-state index contributed by atoms with van der Waals surface area (Å²) >= 11 is 0. The summed E-state index contributed by atoms with van der Waals surface area (Å²) < 4.78 is 0. The first-order valence-electron chi connectivity index (χ1n) is 7.78. The SMILES string of the molecule is NCC1(C(=O)NC2CCCCC2)CCCCCC1. The van der Waals surface area contributed by atoms with Crippen molar-refractivity contribution in [3.05, 3.63) is 0 Å². The van der Waals surface area contributed by atoms with E-state index in [-0.39, 0.29) is 11.3 Å². The summed E-state index contributed by atoms with van der Waals surface area (Å²) in [5.74, 6) is 0.249. The van der Waals surface area contributed by atoms with Crippen LogP contribution in [-0.2, 0) is 4.79 Å². The molecule has 18 heavy (non-hydrogen) atoms. The number of rotatable bonds is 3. The van der Waals surface area contributed by atoms with Crippen LogP contribution >= 0.6 is 0 Å². The van der Waals surface area contributed by atoms with Gasteiger partial charge >= 0.3 is 0 Å². The van der Waals surface area contributed by atoms with Gasteiger partial charge in [-0.1, -0.05) is 44.9 Å². The molecule has 3 nitrogen and oxygen atoms in total. The number of carbonyl (C=O) groups is 1. The number of nitrogens with one attached hydrogen (secondary N) is 1. The van der Waals surface area contributed by atoms with E-state index in [2.05, 4.69) is 5.32 Å². The van der Waals surface area contributed by atoms with Crippen LogP contribution in [0.25, 0.3) is 0 Å². The molecule has 2 fully saturated rings. The molecule has 0 atom stereocenters. The molecule has 2 aliphatic carbocycles. The Labute approximate surface area is 111 Å². The third-order valence-corrected chi connectivity index (χ3v) is 4.87. The predicted octanol–water partition coefficient (Wildman–Crippen LogP) is 2.73. The summed E-state index contributed by atoms with van der Waals surface area (Å²) in [5, 5.41) is 3.29. The first-order chi connectivity index (χ1) is 8.77. The van der Waals surface area contributed by atoms with Gasteiger partial charge in [0.15, 0.2) is 0 Å². The van der Waals surface area contributed by atoms with Crippen LogP contribution in [0.1, 0.15) is 70.6 Å². The maximum Gasteiger partial charge on any atom is 0.227 e. The molecule has 0 heterocycles. The molecule has 0 unspecified atom stereocenters. The summed E-state index contributed by atoms with van der Waals surface area (Å²) in [5.41, 5.74) is 5.70. The van der Waals surface area contributed by atoms with Crippen LogP contribution in [0.15, 0.2) is 0 Å². The normalized spacial score (nSPS) is 25.4. The first-order valence-corrected chi connectivity index (χ1v) is 7.78. The lowest BCUT2D eigenvalue weighted by Crippen LogP contribution is -2.49. The maximum absolute atomic E-state index is 12.6. The van der Waals surface area contributed by atoms with Gasteiger partial charge in [0, 0.05) is 12.6 Å². The van der Waals surface area contributed by atoms with Crippen molar-refractivity contribution in [1.29, 1.82) is 0 Å². The molecule has 0 aromatic heterocycles. The third kappa shape index (κ3) is 3.25.